The van der Waals surface area contributed by atoms with Gasteiger partial charge in [-0.3, -0.25) is 4.79 Å². The Hall–Kier alpha value is -1.55. The number of nitrogens with one attached hydrogen (secondary N) is 2. The predicted molar refractivity (Wildman–Crippen MR) is 72.7 cm³/mol. The fourth-order valence-electron chi connectivity index (χ4n) is 1.57. The lowest BCUT2D eigenvalue weighted by molar-refractivity contribution is -0.121. The smallest absolute Gasteiger partial charge is 0.234 e. The Balaban J connectivity index is 2.48. The van der Waals surface area contributed by atoms with Gasteiger partial charge in [0.05, 0.1) is 19.7 Å². The second-order valence-electron chi connectivity index (χ2n) is 4.60. The molecule has 1 amide bonds. The maximum absolute atomic E-state index is 11.7. The molecule has 1 rings (SSSR count). The Morgan fingerprint density at radius 3 is 2.33 bits per heavy atom. The Kier molecular flexibility index (Phi) is 5.65. The molecule has 1 aromatic rings. The second-order valence-corrected chi connectivity index (χ2v) is 4.60. The summed E-state index contributed by atoms with van der Waals surface area (Å²) in [6, 6.07) is 8.01. The number of carbonyl (C=O) groups excluding carboxylic acids is 1. The zero-order chi connectivity index (χ0) is 13.5. The van der Waals surface area contributed by atoms with Crippen LogP contribution in [-0.2, 0) is 4.79 Å². The maximum atomic E-state index is 11.7. The molecule has 0 heterocycles. The summed E-state index contributed by atoms with van der Waals surface area (Å²) in [4.78, 5) is 11.7. The molecule has 0 fully saturated rings. The van der Waals surface area contributed by atoms with Gasteiger partial charge in [-0.05, 0) is 24.6 Å². The molecule has 0 aliphatic rings. The highest BCUT2D eigenvalue weighted by Crippen LogP contribution is 2.16. The summed E-state index contributed by atoms with van der Waals surface area (Å²) in [5.74, 6) is 0.825. The Morgan fingerprint density at radius 2 is 1.83 bits per heavy atom. The number of rotatable bonds is 6. The molecule has 0 spiro atoms. The van der Waals surface area contributed by atoms with Crippen molar-refractivity contribution in [1.29, 1.82) is 0 Å². The normalized spacial score (nSPS) is 12.3. The van der Waals surface area contributed by atoms with Crippen LogP contribution in [0.4, 0.5) is 0 Å². The molecule has 0 saturated carbocycles. The fourth-order valence-corrected chi connectivity index (χ4v) is 1.57. The van der Waals surface area contributed by atoms with E-state index in [0.29, 0.717) is 12.6 Å². The molecular weight excluding hydrogens is 228 g/mol. The van der Waals surface area contributed by atoms with Gasteiger partial charge >= 0.3 is 0 Å². The van der Waals surface area contributed by atoms with E-state index in [-0.39, 0.29) is 11.9 Å². The van der Waals surface area contributed by atoms with E-state index in [9.17, 15) is 4.79 Å². The molecule has 1 unspecified atom stereocenters. The molecule has 2 N–H and O–H groups in total. The van der Waals surface area contributed by atoms with Crippen LogP contribution in [0.2, 0.25) is 0 Å². The van der Waals surface area contributed by atoms with Crippen molar-refractivity contribution in [2.45, 2.75) is 32.9 Å². The summed E-state index contributed by atoms with van der Waals surface area (Å²) in [6.07, 6.45) is 0. The number of amides is 1. The highest BCUT2D eigenvalue weighted by atomic mass is 16.5. The van der Waals surface area contributed by atoms with E-state index >= 15 is 0 Å². The molecule has 0 aliphatic heterocycles. The average molecular weight is 250 g/mol. The van der Waals surface area contributed by atoms with E-state index in [4.69, 9.17) is 4.74 Å². The van der Waals surface area contributed by atoms with Crippen LogP contribution in [-0.4, -0.2) is 25.6 Å². The van der Waals surface area contributed by atoms with Crippen LogP contribution < -0.4 is 15.4 Å². The predicted octanol–water partition coefficient (Wildman–Crippen LogP) is 1.87. The Bertz CT molecular complexity index is 374. The van der Waals surface area contributed by atoms with Crippen LogP contribution in [0, 0.1) is 0 Å². The molecule has 1 atom stereocenters. The van der Waals surface area contributed by atoms with Gasteiger partial charge in [-0.1, -0.05) is 26.0 Å². The zero-order valence-corrected chi connectivity index (χ0v) is 11.5. The summed E-state index contributed by atoms with van der Waals surface area (Å²) >= 11 is 0. The van der Waals surface area contributed by atoms with Crippen LogP contribution in [0.15, 0.2) is 24.3 Å². The Labute approximate surface area is 109 Å². The maximum Gasteiger partial charge on any atom is 0.234 e. The van der Waals surface area contributed by atoms with Gasteiger partial charge in [-0.15, -0.1) is 0 Å². The van der Waals surface area contributed by atoms with Crippen molar-refractivity contribution < 1.29 is 9.53 Å². The third kappa shape index (κ3) is 4.75. The number of benzene rings is 1. The number of hydrogen-bond donors (Lipinski definition) is 2. The lowest BCUT2D eigenvalue weighted by Crippen LogP contribution is -2.37. The number of carbonyl (C=O) groups is 1. The van der Waals surface area contributed by atoms with Crippen molar-refractivity contribution in [3.63, 3.8) is 0 Å². The molecule has 100 valence electrons. The van der Waals surface area contributed by atoms with Crippen molar-refractivity contribution in [1.82, 2.24) is 10.6 Å². The molecule has 18 heavy (non-hydrogen) atoms. The van der Waals surface area contributed by atoms with Crippen LogP contribution in [0.25, 0.3) is 0 Å². The zero-order valence-electron chi connectivity index (χ0n) is 11.5. The second kappa shape index (κ2) is 7.01. The summed E-state index contributed by atoms with van der Waals surface area (Å²) in [6.45, 7) is 6.34. The van der Waals surface area contributed by atoms with Crippen molar-refractivity contribution in [2.75, 3.05) is 13.7 Å². The topological polar surface area (TPSA) is 50.4 Å². The first-order valence-corrected chi connectivity index (χ1v) is 6.19. The van der Waals surface area contributed by atoms with Crippen molar-refractivity contribution in [2.24, 2.45) is 0 Å². The van der Waals surface area contributed by atoms with Crippen molar-refractivity contribution in [3.8, 4) is 5.75 Å². The minimum atomic E-state index is -0.00244. The van der Waals surface area contributed by atoms with Gasteiger partial charge in [0, 0.05) is 6.04 Å². The molecule has 0 radical (unpaired) electrons. The largest absolute Gasteiger partial charge is 0.497 e. The molecule has 4 nitrogen and oxygen atoms in total. The lowest BCUT2D eigenvalue weighted by atomic mass is 10.1. The van der Waals surface area contributed by atoms with Crippen LogP contribution >= 0.6 is 0 Å². The quantitative estimate of drug-likeness (QED) is 0.810. The first kappa shape index (κ1) is 14.5. The van der Waals surface area contributed by atoms with Crippen molar-refractivity contribution >= 4 is 5.91 Å². The summed E-state index contributed by atoms with van der Waals surface area (Å²) in [5.41, 5.74) is 1.06. The van der Waals surface area contributed by atoms with Gasteiger partial charge in [0.15, 0.2) is 0 Å². The molecule has 0 saturated heterocycles. The third-order valence-corrected chi connectivity index (χ3v) is 2.66. The molecule has 0 aliphatic carbocycles. The van der Waals surface area contributed by atoms with Gasteiger partial charge in [0.25, 0.3) is 0 Å². The summed E-state index contributed by atoms with van der Waals surface area (Å²) in [7, 11) is 1.64. The van der Waals surface area contributed by atoms with E-state index in [1.807, 2.05) is 45.0 Å². The molecule has 4 heteroatoms. The van der Waals surface area contributed by atoms with Gasteiger partial charge < -0.3 is 15.4 Å². The molecular formula is C14H22N2O2. The number of ether oxygens (including phenoxy) is 1. The summed E-state index contributed by atoms with van der Waals surface area (Å²) < 4.78 is 5.10. The van der Waals surface area contributed by atoms with E-state index in [1.165, 1.54) is 0 Å². The third-order valence-electron chi connectivity index (χ3n) is 2.66. The van der Waals surface area contributed by atoms with Crippen LogP contribution in [0.1, 0.15) is 32.4 Å². The highest BCUT2D eigenvalue weighted by Gasteiger charge is 2.09. The van der Waals surface area contributed by atoms with E-state index in [2.05, 4.69) is 10.6 Å². The van der Waals surface area contributed by atoms with Gasteiger partial charge in [-0.25, -0.2) is 0 Å². The van der Waals surface area contributed by atoms with Crippen LogP contribution in [0.5, 0.6) is 5.75 Å². The minimum absolute atomic E-state index is 0.00244. The lowest BCUT2D eigenvalue weighted by Gasteiger charge is -2.15. The van der Waals surface area contributed by atoms with Crippen LogP contribution in [0.3, 0.4) is 0 Å². The first-order valence-electron chi connectivity index (χ1n) is 6.19. The minimum Gasteiger partial charge on any atom is -0.497 e. The number of hydrogen-bond acceptors (Lipinski definition) is 3. The van der Waals surface area contributed by atoms with E-state index in [1.54, 1.807) is 7.11 Å². The Morgan fingerprint density at radius 1 is 1.22 bits per heavy atom. The number of methoxy groups -OCH3 is 1. The average Bonchev–Trinajstić information content (AvgIpc) is 2.36. The van der Waals surface area contributed by atoms with E-state index < -0.39 is 0 Å². The van der Waals surface area contributed by atoms with E-state index in [0.717, 1.165) is 11.3 Å². The highest BCUT2D eigenvalue weighted by molar-refractivity contribution is 5.78. The molecule has 0 aromatic heterocycles. The molecule has 1 aromatic carbocycles. The molecule has 0 bridgehead atoms. The first-order chi connectivity index (χ1) is 8.52. The fraction of sp³-hybridized carbons (Fsp3) is 0.500. The van der Waals surface area contributed by atoms with Gasteiger partial charge in [-0.2, -0.15) is 0 Å². The monoisotopic (exact) mass is 250 g/mol. The standard InChI is InChI=1S/C14H22N2O2/c1-10(2)15-9-14(17)16-11(3)12-5-7-13(18-4)8-6-12/h5-8,10-11,15H,9H2,1-4H3,(H,16,17). The van der Waals surface area contributed by atoms with Gasteiger partial charge in [0.2, 0.25) is 5.91 Å². The van der Waals surface area contributed by atoms with Crippen molar-refractivity contribution in [3.05, 3.63) is 29.8 Å². The summed E-state index contributed by atoms with van der Waals surface area (Å²) in [5, 5.41) is 6.04. The van der Waals surface area contributed by atoms with Gasteiger partial charge in [0.1, 0.15) is 5.75 Å². The SMILES string of the molecule is COc1ccc(C(C)NC(=O)CNC(C)C)cc1.